The molecule has 14 heteroatoms. The van der Waals surface area contributed by atoms with Gasteiger partial charge in [0, 0.05) is 22.3 Å². The predicted octanol–water partition coefficient (Wildman–Crippen LogP) is 9.97. The van der Waals surface area contributed by atoms with Crippen molar-refractivity contribution in [2.75, 3.05) is 39.6 Å². The number of carbonyl (C=O) groups excluding carboxylic acids is 6. The van der Waals surface area contributed by atoms with Crippen molar-refractivity contribution in [3.63, 3.8) is 0 Å². The van der Waals surface area contributed by atoms with Gasteiger partial charge in [-0.3, -0.25) is 19.2 Å². The molecular formula is C52H63FO13. The molecule has 0 N–H and O–H groups in total. The van der Waals surface area contributed by atoms with Crippen molar-refractivity contribution >= 4 is 35.8 Å². The molecule has 0 aromatic heterocycles. The van der Waals surface area contributed by atoms with E-state index in [2.05, 4.69) is 20.1 Å². The number of ether oxygens (including phenoxy) is 7. The summed E-state index contributed by atoms with van der Waals surface area (Å²) < 4.78 is 53.8. The summed E-state index contributed by atoms with van der Waals surface area (Å²) in [5.74, 6) is -3.90. The second-order valence-corrected chi connectivity index (χ2v) is 16.8. The highest BCUT2D eigenvalue weighted by Gasteiger charge is 2.38. The quantitative estimate of drug-likeness (QED) is 0.0197. The van der Waals surface area contributed by atoms with Crippen LogP contribution in [0.4, 0.5) is 4.39 Å². The van der Waals surface area contributed by atoms with Gasteiger partial charge in [-0.2, -0.15) is 0 Å². The summed E-state index contributed by atoms with van der Waals surface area (Å²) in [5.41, 5.74) is 1.64. The number of hydrogen-bond acceptors (Lipinski definition) is 13. The lowest BCUT2D eigenvalue weighted by atomic mass is 9.77. The largest absolute Gasteiger partial charge is 0.493 e. The van der Waals surface area contributed by atoms with Gasteiger partial charge in [0.1, 0.15) is 62.0 Å². The third-order valence-electron chi connectivity index (χ3n) is 11.2. The Bertz CT molecular complexity index is 2150. The zero-order valence-corrected chi connectivity index (χ0v) is 38.8. The molecule has 0 aliphatic heterocycles. The van der Waals surface area contributed by atoms with E-state index in [9.17, 15) is 28.8 Å². The maximum Gasteiger partial charge on any atom is 0.338 e. The molecule has 356 valence electrons. The van der Waals surface area contributed by atoms with E-state index < -0.39 is 73.9 Å². The number of rotatable bonds is 25. The normalized spacial score (nSPS) is 14.6. The lowest BCUT2D eigenvalue weighted by molar-refractivity contribution is -0.166. The summed E-state index contributed by atoms with van der Waals surface area (Å²) >= 11 is 0. The summed E-state index contributed by atoms with van der Waals surface area (Å²) in [7, 11) is 0. The molecule has 66 heavy (non-hydrogen) atoms. The minimum atomic E-state index is -1.57. The van der Waals surface area contributed by atoms with Crippen LogP contribution in [0.3, 0.4) is 0 Å². The fourth-order valence-electron chi connectivity index (χ4n) is 7.47. The Kier molecular flexibility index (Phi) is 20.6. The van der Waals surface area contributed by atoms with Gasteiger partial charge in [-0.25, -0.2) is 14.0 Å². The maximum absolute atomic E-state index is 15.9. The Balaban J connectivity index is 1.59. The van der Waals surface area contributed by atoms with E-state index in [0.29, 0.717) is 28.2 Å². The highest BCUT2D eigenvalue weighted by Crippen LogP contribution is 2.40. The Hall–Kier alpha value is -6.31. The zero-order valence-electron chi connectivity index (χ0n) is 38.8. The van der Waals surface area contributed by atoms with Crippen LogP contribution in [0.5, 0.6) is 11.5 Å². The molecule has 0 unspecified atom stereocenters. The smallest absolute Gasteiger partial charge is 0.338 e. The van der Waals surface area contributed by atoms with Crippen molar-refractivity contribution in [1.29, 1.82) is 0 Å². The fraction of sp³-hybridized carbons (Fsp3) is 0.462. The molecule has 1 fully saturated rings. The number of hydrogen-bond donors (Lipinski definition) is 0. The van der Waals surface area contributed by atoms with E-state index in [1.54, 1.807) is 68.4 Å². The molecule has 0 spiro atoms. The minimum absolute atomic E-state index is 0.0383. The van der Waals surface area contributed by atoms with Crippen molar-refractivity contribution < 1.29 is 66.3 Å². The first kappa shape index (κ1) is 52.3. The van der Waals surface area contributed by atoms with E-state index in [-0.39, 0.29) is 48.3 Å². The van der Waals surface area contributed by atoms with Crippen molar-refractivity contribution in [2.24, 2.45) is 11.3 Å². The van der Waals surface area contributed by atoms with Crippen LogP contribution in [-0.4, -0.2) is 75.5 Å². The van der Waals surface area contributed by atoms with Gasteiger partial charge in [0.05, 0.1) is 13.2 Å². The molecular weight excluding hydrogens is 852 g/mol. The van der Waals surface area contributed by atoms with Gasteiger partial charge in [-0.15, -0.1) is 0 Å². The van der Waals surface area contributed by atoms with E-state index in [4.69, 9.17) is 33.2 Å². The first-order valence-corrected chi connectivity index (χ1v) is 22.6. The highest BCUT2D eigenvalue weighted by atomic mass is 19.1. The van der Waals surface area contributed by atoms with Crippen LogP contribution in [0.25, 0.3) is 22.3 Å². The Morgan fingerprint density at radius 3 is 1.71 bits per heavy atom. The van der Waals surface area contributed by atoms with Gasteiger partial charge >= 0.3 is 35.8 Å². The summed E-state index contributed by atoms with van der Waals surface area (Å²) in [5, 5.41) is 0. The molecule has 4 rings (SSSR count). The Morgan fingerprint density at radius 2 is 1.17 bits per heavy atom. The van der Waals surface area contributed by atoms with Crippen molar-refractivity contribution in [1.82, 2.24) is 0 Å². The van der Waals surface area contributed by atoms with Crippen LogP contribution in [0.2, 0.25) is 0 Å². The monoisotopic (exact) mass is 914 g/mol. The lowest BCUT2D eigenvalue weighted by Crippen LogP contribution is -2.44. The van der Waals surface area contributed by atoms with Crippen LogP contribution < -0.4 is 9.47 Å². The standard InChI is InChI=1S/C52H63FO13/c1-8-11-12-13-36-14-16-37(17-15-36)39-20-24-42(44(53)26-39)40-21-25-43(45(27-40)66-51(59)35(6)7)38-18-22-41(23-19-38)62-30-52(33-65-50(58)34(4)5,31-63-48(56)28-46(54)60-9-2)32-64-49(57)29-47(55)61-10-3/h18-27,36-37H,4,6,8-17,28-33H2,1-3,5,7H3. The van der Waals surface area contributed by atoms with Crippen LogP contribution in [0, 0.1) is 17.2 Å². The first-order valence-electron chi connectivity index (χ1n) is 22.6. The molecule has 13 nitrogen and oxygen atoms in total. The molecule has 0 bridgehead atoms. The van der Waals surface area contributed by atoms with Gasteiger partial charge in [0.2, 0.25) is 0 Å². The second kappa shape index (κ2) is 26.0. The third-order valence-corrected chi connectivity index (χ3v) is 11.2. The number of halogens is 1. The van der Waals surface area contributed by atoms with Crippen molar-refractivity contribution in [3.8, 4) is 33.8 Å². The fourth-order valence-corrected chi connectivity index (χ4v) is 7.47. The molecule has 1 saturated carbocycles. The zero-order chi connectivity index (χ0) is 48.2. The van der Waals surface area contributed by atoms with Crippen LogP contribution >= 0.6 is 0 Å². The van der Waals surface area contributed by atoms with Gasteiger partial charge in [0.25, 0.3) is 0 Å². The van der Waals surface area contributed by atoms with E-state index in [1.807, 2.05) is 6.07 Å². The summed E-state index contributed by atoms with van der Waals surface area (Å²) in [6.07, 6.45) is 7.98. The maximum atomic E-state index is 15.9. The number of esters is 6. The van der Waals surface area contributed by atoms with Crippen molar-refractivity contribution in [2.45, 2.75) is 105 Å². The highest BCUT2D eigenvalue weighted by molar-refractivity contribution is 5.92. The average molecular weight is 915 g/mol. The molecule has 3 aromatic rings. The summed E-state index contributed by atoms with van der Waals surface area (Å²) in [4.78, 5) is 74.8. The Labute approximate surface area is 386 Å². The third kappa shape index (κ3) is 16.3. The summed E-state index contributed by atoms with van der Waals surface area (Å²) in [6.45, 7) is 13.7. The molecule has 3 aromatic carbocycles. The molecule has 0 radical (unpaired) electrons. The number of unbranched alkanes of at least 4 members (excludes halogenated alkanes) is 2. The lowest BCUT2D eigenvalue weighted by Gasteiger charge is -2.32. The van der Waals surface area contributed by atoms with Gasteiger partial charge in [-0.05, 0) is 106 Å². The second-order valence-electron chi connectivity index (χ2n) is 16.8. The van der Waals surface area contributed by atoms with Crippen molar-refractivity contribution in [3.05, 3.63) is 96.3 Å². The minimum Gasteiger partial charge on any atom is -0.493 e. The van der Waals surface area contributed by atoms with E-state index in [0.717, 1.165) is 37.2 Å². The average Bonchev–Trinajstić information content (AvgIpc) is 3.29. The number of benzene rings is 3. The van der Waals surface area contributed by atoms with Gasteiger partial charge < -0.3 is 33.2 Å². The van der Waals surface area contributed by atoms with Crippen LogP contribution in [0.1, 0.15) is 110 Å². The Morgan fingerprint density at radius 1 is 0.621 bits per heavy atom. The molecule has 1 aliphatic carbocycles. The number of carbonyl (C=O) groups is 6. The van der Waals surface area contributed by atoms with Gasteiger partial charge in [0.15, 0.2) is 0 Å². The molecule has 0 saturated heterocycles. The molecule has 0 amide bonds. The molecule has 0 atom stereocenters. The van der Waals surface area contributed by atoms with E-state index in [1.165, 1.54) is 39.5 Å². The topological polar surface area (TPSA) is 167 Å². The predicted molar refractivity (Wildman–Crippen MR) is 245 cm³/mol. The molecule has 0 heterocycles. The van der Waals surface area contributed by atoms with Gasteiger partial charge in [-0.1, -0.05) is 82.2 Å². The van der Waals surface area contributed by atoms with Crippen LogP contribution in [-0.2, 0) is 52.5 Å². The SMILES string of the molecule is C=C(C)C(=O)OCC(COC(=O)CC(=O)OCC)(COC(=O)CC(=O)OCC)COc1ccc(-c2ccc(-c3ccc(C4CCC(CCCCC)CC4)cc3F)cc2OC(=O)C(=C)C)cc1. The summed E-state index contributed by atoms with van der Waals surface area (Å²) in [6, 6.07) is 17.1. The van der Waals surface area contributed by atoms with E-state index >= 15 is 4.39 Å². The first-order chi connectivity index (χ1) is 31.6. The van der Waals surface area contributed by atoms with Crippen LogP contribution in [0.15, 0.2) is 85.0 Å². The molecule has 1 aliphatic rings.